The molecule has 0 fully saturated rings. The van der Waals surface area contributed by atoms with Crippen molar-refractivity contribution in [3.63, 3.8) is 0 Å². The van der Waals surface area contributed by atoms with Gasteiger partial charge in [-0.25, -0.2) is 11.3 Å². The predicted octanol–water partition coefficient (Wildman–Crippen LogP) is -0.645. The molecule has 6 heteroatoms. The van der Waals surface area contributed by atoms with Gasteiger partial charge in [-0.05, 0) is 45.5 Å². The molecular formula is C18H29Cl2OSi2Ti. The maximum Gasteiger partial charge on any atom is 3.00 e. The minimum Gasteiger partial charge on any atom is -1.00 e. The van der Waals surface area contributed by atoms with Crippen LogP contribution in [0.3, 0.4) is 0 Å². The summed E-state index contributed by atoms with van der Waals surface area (Å²) in [5, 5.41) is 1.33. The Morgan fingerprint density at radius 1 is 1.08 bits per heavy atom. The van der Waals surface area contributed by atoms with Crippen LogP contribution in [0, 0.1) is 6.08 Å². The van der Waals surface area contributed by atoms with Crippen LogP contribution in [0.5, 0.6) is 0 Å². The van der Waals surface area contributed by atoms with Crippen LogP contribution >= 0.6 is 0 Å². The van der Waals surface area contributed by atoms with Crippen molar-refractivity contribution in [1.29, 1.82) is 0 Å². The largest absolute Gasteiger partial charge is 3.00 e. The van der Waals surface area contributed by atoms with Gasteiger partial charge in [0.15, 0.2) is 8.32 Å². The molecule has 0 aromatic heterocycles. The van der Waals surface area contributed by atoms with Gasteiger partial charge in [-0.1, -0.05) is 30.8 Å². The van der Waals surface area contributed by atoms with Crippen molar-refractivity contribution in [2.75, 3.05) is 0 Å². The molecule has 1 nitrogen and oxygen atoms in total. The third kappa shape index (κ3) is 5.32. The summed E-state index contributed by atoms with van der Waals surface area (Å²) in [5.74, 6) is 0. The normalized spacial score (nSPS) is 23.2. The molecule has 0 heterocycles. The van der Waals surface area contributed by atoms with E-state index in [0.29, 0.717) is 0 Å². The standard InChI is InChI=1S/C18H29OSi2.2ClH.Ti/c1-15-12-13-18(16(2)14-15,19-20(3,4)5)21(6,7)17-10-8-9-11-17;;;/h8,10,12,14H,9,13H2,1-7H3;2*1H;/q-1;;;+3/p-2. The summed E-state index contributed by atoms with van der Waals surface area (Å²) in [6.45, 7) is 16.3. The van der Waals surface area contributed by atoms with E-state index in [4.69, 9.17) is 4.43 Å². The maximum absolute atomic E-state index is 6.90. The topological polar surface area (TPSA) is 9.23 Å². The molecule has 2 aliphatic rings. The molecule has 2 aliphatic carbocycles. The minimum atomic E-state index is -1.80. The molecule has 0 saturated heterocycles. The Balaban J connectivity index is 0. The first-order valence-electron chi connectivity index (χ1n) is 7.92. The van der Waals surface area contributed by atoms with E-state index >= 15 is 0 Å². The smallest absolute Gasteiger partial charge is 1.00 e. The molecule has 1 unspecified atom stereocenters. The zero-order valence-electron chi connectivity index (χ0n) is 15.9. The SMILES string of the molecule is CC1=CCC(O[Si](C)(C)C)([Si](C)(C)C2=[C-]CC=C2)C(C)=C1.[Cl-].[Cl-].[Ti+3]. The van der Waals surface area contributed by atoms with Crippen molar-refractivity contribution in [1.82, 2.24) is 0 Å². The molecule has 133 valence electrons. The first kappa shape index (κ1) is 26.9. The average Bonchev–Trinajstić information content (AvgIpc) is 2.85. The second-order valence-electron chi connectivity index (χ2n) is 7.84. The summed E-state index contributed by atoms with van der Waals surface area (Å²) in [6, 6.07) is 0. The molecule has 24 heavy (non-hydrogen) atoms. The molecular weight excluding hydrogens is 407 g/mol. The third-order valence-corrected chi connectivity index (χ3v) is 10.2. The van der Waals surface area contributed by atoms with E-state index < -0.39 is 16.4 Å². The number of allylic oxidation sites excluding steroid dienone is 6. The van der Waals surface area contributed by atoms with Gasteiger partial charge in [0, 0.05) is 0 Å². The average molecular weight is 436 g/mol. The Morgan fingerprint density at radius 2 is 1.67 bits per heavy atom. The molecule has 1 atom stereocenters. The van der Waals surface area contributed by atoms with Crippen molar-refractivity contribution in [3.8, 4) is 0 Å². The fourth-order valence-electron chi connectivity index (χ4n) is 3.55. The van der Waals surface area contributed by atoms with Crippen LogP contribution in [0.2, 0.25) is 32.7 Å². The second kappa shape index (κ2) is 9.55. The van der Waals surface area contributed by atoms with Gasteiger partial charge in [0.2, 0.25) is 0 Å². The van der Waals surface area contributed by atoms with Gasteiger partial charge in [-0.2, -0.15) is 6.08 Å². The molecule has 0 saturated carbocycles. The molecule has 2 rings (SSSR count). The third-order valence-electron chi connectivity index (χ3n) is 4.65. The van der Waals surface area contributed by atoms with Gasteiger partial charge >= 0.3 is 21.7 Å². The van der Waals surface area contributed by atoms with Gasteiger partial charge in [-0.3, -0.25) is 6.08 Å². The van der Waals surface area contributed by atoms with Gasteiger partial charge in [0.05, 0.1) is 13.3 Å². The van der Waals surface area contributed by atoms with Crippen LogP contribution in [0.25, 0.3) is 0 Å². The maximum atomic E-state index is 6.90. The summed E-state index contributed by atoms with van der Waals surface area (Å²) in [4.78, 5) is 0. The molecule has 0 N–H and O–H groups in total. The summed E-state index contributed by atoms with van der Waals surface area (Å²) < 4.78 is 6.90. The quantitative estimate of drug-likeness (QED) is 0.421. The van der Waals surface area contributed by atoms with Crippen LogP contribution in [-0.2, 0) is 26.1 Å². The van der Waals surface area contributed by atoms with E-state index in [1.165, 1.54) is 16.3 Å². The predicted molar refractivity (Wildman–Crippen MR) is 97.3 cm³/mol. The monoisotopic (exact) mass is 435 g/mol. The Morgan fingerprint density at radius 3 is 2.08 bits per heavy atom. The molecule has 1 radical (unpaired) electrons. The van der Waals surface area contributed by atoms with Gasteiger partial charge in [0.1, 0.15) is 0 Å². The van der Waals surface area contributed by atoms with E-state index in [0.717, 1.165) is 12.8 Å². The Hall–Kier alpha value is 0.648. The van der Waals surface area contributed by atoms with Gasteiger partial charge < -0.3 is 29.2 Å². The van der Waals surface area contributed by atoms with Crippen molar-refractivity contribution in [2.45, 2.75) is 64.6 Å². The van der Waals surface area contributed by atoms with E-state index in [9.17, 15) is 0 Å². The number of hydrogen-bond acceptors (Lipinski definition) is 1. The van der Waals surface area contributed by atoms with Crippen LogP contribution < -0.4 is 24.8 Å². The van der Waals surface area contributed by atoms with Crippen molar-refractivity contribution in [2.24, 2.45) is 0 Å². The van der Waals surface area contributed by atoms with Crippen molar-refractivity contribution < 1.29 is 51.0 Å². The van der Waals surface area contributed by atoms with Crippen LogP contribution in [0.1, 0.15) is 26.7 Å². The first-order chi connectivity index (χ1) is 9.58. The Labute approximate surface area is 177 Å². The van der Waals surface area contributed by atoms with Crippen LogP contribution in [0.15, 0.2) is 40.6 Å². The molecule has 0 aromatic carbocycles. The molecule has 0 amide bonds. The molecule has 0 aliphatic heterocycles. The second-order valence-corrected chi connectivity index (χ2v) is 16.9. The zero-order valence-corrected chi connectivity index (χ0v) is 21.0. The van der Waals surface area contributed by atoms with Crippen LogP contribution in [0.4, 0.5) is 0 Å². The van der Waals surface area contributed by atoms with E-state index in [1.807, 2.05) is 0 Å². The number of halogens is 2. The minimum absolute atomic E-state index is 0. The fraction of sp³-hybridized carbons (Fsp3) is 0.556. The van der Waals surface area contributed by atoms with E-state index in [-0.39, 0.29) is 51.8 Å². The number of hydrogen-bond donors (Lipinski definition) is 0. The molecule has 0 bridgehead atoms. The summed E-state index contributed by atoms with van der Waals surface area (Å²) >= 11 is 0. The fourth-order valence-corrected chi connectivity index (χ4v) is 9.97. The molecule has 0 aromatic rings. The summed E-state index contributed by atoms with van der Waals surface area (Å²) in [7, 11) is -3.45. The van der Waals surface area contributed by atoms with Crippen LogP contribution in [-0.4, -0.2) is 21.6 Å². The van der Waals surface area contributed by atoms with Crippen molar-refractivity contribution >= 4 is 16.4 Å². The van der Waals surface area contributed by atoms with Crippen molar-refractivity contribution in [3.05, 3.63) is 46.7 Å². The van der Waals surface area contributed by atoms with E-state index in [1.54, 1.807) is 0 Å². The number of rotatable bonds is 4. The Bertz CT molecular complexity index is 560. The molecule has 0 spiro atoms. The van der Waals surface area contributed by atoms with Gasteiger partial charge in [-0.15, -0.1) is 6.42 Å². The first-order valence-corrected chi connectivity index (χ1v) is 14.3. The Kier molecular flexibility index (Phi) is 10.7. The van der Waals surface area contributed by atoms with E-state index in [2.05, 4.69) is 77.0 Å². The summed E-state index contributed by atoms with van der Waals surface area (Å²) in [6.07, 6.45) is 14.8. The zero-order chi connectivity index (χ0) is 15.9. The summed E-state index contributed by atoms with van der Waals surface area (Å²) in [5.41, 5.74) is 2.78. The van der Waals surface area contributed by atoms with Gasteiger partial charge in [0.25, 0.3) is 0 Å².